The highest BCUT2D eigenvalue weighted by Crippen LogP contribution is 2.19. The number of hydrogen-bond acceptors (Lipinski definition) is 3. The van der Waals surface area contributed by atoms with E-state index in [0.29, 0.717) is 0 Å². The summed E-state index contributed by atoms with van der Waals surface area (Å²) in [5.74, 6) is 0.769. The number of benzene rings is 1. The van der Waals surface area contributed by atoms with Crippen molar-refractivity contribution >= 4 is 6.09 Å². The third-order valence-corrected chi connectivity index (χ3v) is 2.33. The number of carbonyl (C=O) groups is 1. The lowest BCUT2D eigenvalue weighted by molar-refractivity contribution is 0.0508. The number of ether oxygens (including phenoxy) is 2. The predicted molar refractivity (Wildman–Crippen MR) is 70.8 cm³/mol. The minimum Gasteiger partial charge on any atom is -0.497 e. The van der Waals surface area contributed by atoms with Crippen LogP contribution in [0.15, 0.2) is 24.3 Å². The molecule has 0 saturated carbocycles. The molecule has 1 unspecified atom stereocenters. The first-order valence-electron chi connectivity index (χ1n) is 5.95. The third kappa shape index (κ3) is 4.65. The van der Waals surface area contributed by atoms with Crippen LogP contribution in [0.4, 0.5) is 4.79 Å². The van der Waals surface area contributed by atoms with Gasteiger partial charge >= 0.3 is 6.09 Å². The molecule has 100 valence electrons. The van der Waals surface area contributed by atoms with Crippen LogP contribution < -0.4 is 10.1 Å². The van der Waals surface area contributed by atoms with E-state index in [2.05, 4.69) is 5.32 Å². The maximum absolute atomic E-state index is 11.6. The average Bonchev–Trinajstić information content (AvgIpc) is 2.26. The fourth-order valence-electron chi connectivity index (χ4n) is 1.48. The molecule has 0 aliphatic rings. The van der Waals surface area contributed by atoms with Gasteiger partial charge in [0, 0.05) is 0 Å². The number of alkyl carbamates (subject to hydrolysis) is 1. The van der Waals surface area contributed by atoms with Crippen LogP contribution in [0.1, 0.15) is 39.3 Å². The number of nitrogens with one attached hydrogen (secondary N) is 1. The molecule has 1 atom stereocenters. The van der Waals surface area contributed by atoms with E-state index >= 15 is 0 Å². The van der Waals surface area contributed by atoms with Crippen molar-refractivity contribution in [3.63, 3.8) is 0 Å². The zero-order valence-electron chi connectivity index (χ0n) is 11.6. The molecule has 4 nitrogen and oxygen atoms in total. The Morgan fingerprint density at radius 1 is 1.33 bits per heavy atom. The van der Waals surface area contributed by atoms with Gasteiger partial charge in [0.2, 0.25) is 0 Å². The van der Waals surface area contributed by atoms with E-state index in [1.54, 1.807) is 7.11 Å². The van der Waals surface area contributed by atoms with Crippen molar-refractivity contribution < 1.29 is 14.3 Å². The molecule has 1 aromatic rings. The topological polar surface area (TPSA) is 47.6 Å². The Hall–Kier alpha value is -1.71. The van der Waals surface area contributed by atoms with Gasteiger partial charge in [0.05, 0.1) is 13.2 Å². The molecule has 1 rings (SSSR count). The average molecular weight is 251 g/mol. The smallest absolute Gasteiger partial charge is 0.408 e. The molecule has 0 heterocycles. The van der Waals surface area contributed by atoms with E-state index in [1.807, 2.05) is 52.0 Å². The Kier molecular flexibility index (Phi) is 4.59. The number of methoxy groups -OCH3 is 1. The highest BCUT2D eigenvalue weighted by atomic mass is 16.6. The van der Waals surface area contributed by atoms with Crippen LogP contribution in [0, 0.1) is 0 Å². The molecule has 0 aliphatic carbocycles. The maximum atomic E-state index is 11.6. The molecular formula is C14H21NO3. The van der Waals surface area contributed by atoms with E-state index < -0.39 is 11.7 Å². The summed E-state index contributed by atoms with van der Waals surface area (Å²) >= 11 is 0. The van der Waals surface area contributed by atoms with Gasteiger partial charge < -0.3 is 14.8 Å². The lowest BCUT2D eigenvalue weighted by Crippen LogP contribution is -2.34. The molecule has 0 radical (unpaired) electrons. The largest absolute Gasteiger partial charge is 0.497 e. The molecule has 4 heteroatoms. The second-order valence-corrected chi connectivity index (χ2v) is 5.14. The van der Waals surface area contributed by atoms with Crippen molar-refractivity contribution in [1.29, 1.82) is 0 Å². The normalized spacial score (nSPS) is 12.7. The molecule has 0 aromatic heterocycles. The Bertz CT molecular complexity index is 410. The van der Waals surface area contributed by atoms with Crippen molar-refractivity contribution in [2.24, 2.45) is 0 Å². The van der Waals surface area contributed by atoms with Gasteiger partial charge in [0.25, 0.3) is 0 Å². The van der Waals surface area contributed by atoms with Crippen LogP contribution in [0.3, 0.4) is 0 Å². The number of amides is 1. The zero-order valence-corrected chi connectivity index (χ0v) is 11.6. The van der Waals surface area contributed by atoms with Crippen LogP contribution in [-0.2, 0) is 4.74 Å². The quantitative estimate of drug-likeness (QED) is 0.896. The molecule has 0 bridgehead atoms. The van der Waals surface area contributed by atoms with E-state index in [1.165, 1.54) is 0 Å². The van der Waals surface area contributed by atoms with Crippen LogP contribution in [0.25, 0.3) is 0 Å². The summed E-state index contributed by atoms with van der Waals surface area (Å²) in [6.45, 7) is 7.41. The summed E-state index contributed by atoms with van der Waals surface area (Å²) in [6, 6.07) is 7.45. The van der Waals surface area contributed by atoms with Crippen molar-refractivity contribution in [3.05, 3.63) is 29.8 Å². The standard InChI is InChI=1S/C14H21NO3/c1-10(15-13(16)18-14(2,3)4)11-7-6-8-12(9-11)17-5/h6-10H,1-5H3,(H,15,16). The van der Waals surface area contributed by atoms with Gasteiger partial charge in [-0.2, -0.15) is 0 Å². The monoisotopic (exact) mass is 251 g/mol. The van der Waals surface area contributed by atoms with Crippen LogP contribution in [0.5, 0.6) is 5.75 Å². The Balaban J connectivity index is 2.64. The highest BCUT2D eigenvalue weighted by molar-refractivity contribution is 5.68. The molecule has 0 aliphatic heterocycles. The van der Waals surface area contributed by atoms with Gasteiger partial charge in [-0.3, -0.25) is 0 Å². The van der Waals surface area contributed by atoms with Crippen molar-refractivity contribution in [2.45, 2.75) is 39.3 Å². The number of carbonyl (C=O) groups excluding carboxylic acids is 1. The molecule has 1 N–H and O–H groups in total. The summed E-state index contributed by atoms with van der Waals surface area (Å²) in [7, 11) is 1.62. The van der Waals surface area contributed by atoms with E-state index in [0.717, 1.165) is 11.3 Å². The Morgan fingerprint density at radius 2 is 2.00 bits per heavy atom. The molecule has 0 spiro atoms. The highest BCUT2D eigenvalue weighted by Gasteiger charge is 2.18. The Labute approximate surface area is 108 Å². The minimum atomic E-state index is -0.488. The van der Waals surface area contributed by atoms with Crippen LogP contribution in [0.2, 0.25) is 0 Å². The summed E-state index contributed by atoms with van der Waals surface area (Å²) < 4.78 is 10.4. The molecular weight excluding hydrogens is 230 g/mol. The van der Waals surface area contributed by atoms with E-state index in [-0.39, 0.29) is 6.04 Å². The van der Waals surface area contributed by atoms with Crippen LogP contribution in [-0.4, -0.2) is 18.8 Å². The molecule has 18 heavy (non-hydrogen) atoms. The lowest BCUT2D eigenvalue weighted by Gasteiger charge is -2.22. The van der Waals surface area contributed by atoms with Gasteiger partial charge in [-0.25, -0.2) is 4.79 Å². The first-order chi connectivity index (χ1) is 8.31. The maximum Gasteiger partial charge on any atom is 0.408 e. The fraction of sp³-hybridized carbons (Fsp3) is 0.500. The molecule has 1 aromatic carbocycles. The van der Waals surface area contributed by atoms with E-state index in [9.17, 15) is 4.79 Å². The van der Waals surface area contributed by atoms with Crippen molar-refractivity contribution in [3.8, 4) is 5.75 Å². The first-order valence-corrected chi connectivity index (χ1v) is 5.95. The Morgan fingerprint density at radius 3 is 2.56 bits per heavy atom. The summed E-state index contributed by atoms with van der Waals surface area (Å²) in [5.41, 5.74) is 0.485. The van der Waals surface area contributed by atoms with Crippen LogP contribution >= 0.6 is 0 Å². The fourth-order valence-corrected chi connectivity index (χ4v) is 1.48. The molecule has 1 amide bonds. The van der Waals surface area contributed by atoms with Gasteiger partial charge in [-0.1, -0.05) is 12.1 Å². The van der Waals surface area contributed by atoms with Crippen molar-refractivity contribution in [1.82, 2.24) is 5.32 Å². The number of rotatable bonds is 3. The second kappa shape index (κ2) is 5.76. The zero-order chi connectivity index (χ0) is 13.8. The number of hydrogen-bond donors (Lipinski definition) is 1. The lowest BCUT2D eigenvalue weighted by atomic mass is 10.1. The summed E-state index contributed by atoms with van der Waals surface area (Å²) in [5, 5.41) is 2.79. The minimum absolute atomic E-state index is 0.130. The molecule has 0 fully saturated rings. The van der Waals surface area contributed by atoms with Crippen molar-refractivity contribution in [2.75, 3.05) is 7.11 Å². The van der Waals surface area contributed by atoms with Gasteiger partial charge in [0.1, 0.15) is 11.4 Å². The first kappa shape index (κ1) is 14.4. The molecule has 0 saturated heterocycles. The van der Waals surface area contributed by atoms with Gasteiger partial charge in [0.15, 0.2) is 0 Å². The third-order valence-electron chi connectivity index (χ3n) is 2.33. The van der Waals surface area contributed by atoms with Gasteiger partial charge in [-0.15, -0.1) is 0 Å². The second-order valence-electron chi connectivity index (χ2n) is 5.14. The van der Waals surface area contributed by atoms with Gasteiger partial charge in [-0.05, 0) is 45.4 Å². The van der Waals surface area contributed by atoms with E-state index in [4.69, 9.17) is 9.47 Å². The SMILES string of the molecule is COc1cccc(C(C)NC(=O)OC(C)(C)C)c1. The predicted octanol–water partition coefficient (Wildman–Crippen LogP) is 3.28. The summed E-state index contributed by atoms with van der Waals surface area (Å²) in [6.07, 6.45) is -0.419. The summed E-state index contributed by atoms with van der Waals surface area (Å²) in [4.78, 5) is 11.6.